The zero-order chi connectivity index (χ0) is 21.4. The van der Waals surface area contributed by atoms with Gasteiger partial charge in [-0.05, 0) is 43.4 Å². The monoisotopic (exact) mass is 415 g/mol. The Kier molecular flexibility index (Phi) is 5.51. The Hall–Kier alpha value is -2.69. The van der Waals surface area contributed by atoms with Gasteiger partial charge in [-0.15, -0.1) is 6.58 Å². The van der Waals surface area contributed by atoms with Crippen molar-refractivity contribution in [2.45, 2.75) is 31.5 Å². The molecule has 4 heterocycles. The van der Waals surface area contributed by atoms with Gasteiger partial charge in [0, 0.05) is 35.8 Å². The lowest BCUT2D eigenvalue weighted by molar-refractivity contribution is -0.662. The average Bonchev–Trinajstić information content (AvgIpc) is 2.84. The van der Waals surface area contributed by atoms with Gasteiger partial charge in [-0.1, -0.05) is 36.4 Å². The number of nitrogens with zero attached hydrogens (tertiary/aromatic N) is 2. The van der Waals surface area contributed by atoms with Gasteiger partial charge in [0.05, 0.1) is 18.6 Å². The molecule has 0 saturated carbocycles. The summed E-state index contributed by atoms with van der Waals surface area (Å²) < 4.78 is 7.78. The van der Waals surface area contributed by atoms with Crippen LogP contribution in [0.2, 0.25) is 0 Å². The molecule has 4 nitrogen and oxygen atoms in total. The van der Waals surface area contributed by atoms with Gasteiger partial charge in [0.25, 0.3) is 0 Å². The van der Waals surface area contributed by atoms with E-state index in [0.717, 1.165) is 48.3 Å². The zero-order valence-corrected chi connectivity index (χ0v) is 18.2. The SMILES string of the molecule is C=C[C@H]1CN2CC[C@H]1C[C@@H]2[C@H](O)c1cc[n+](Cc2ccccc2)c2ccc(OC)cc12. The zero-order valence-electron chi connectivity index (χ0n) is 18.2. The minimum absolute atomic E-state index is 0.161. The van der Waals surface area contributed by atoms with E-state index in [4.69, 9.17) is 4.74 Å². The molecule has 3 saturated heterocycles. The van der Waals surface area contributed by atoms with Gasteiger partial charge in [-0.2, -0.15) is 4.57 Å². The van der Waals surface area contributed by atoms with Crippen molar-refractivity contribution in [2.24, 2.45) is 11.8 Å². The number of methoxy groups -OCH3 is 1. The molecule has 0 amide bonds. The summed E-state index contributed by atoms with van der Waals surface area (Å²) in [6, 6.07) is 18.9. The second-order valence-electron chi connectivity index (χ2n) is 8.96. The Balaban J connectivity index is 1.53. The fraction of sp³-hybridized carbons (Fsp3) is 0.370. The third-order valence-corrected chi connectivity index (χ3v) is 7.29. The number of piperidine rings is 3. The molecule has 6 rings (SSSR count). The maximum Gasteiger partial charge on any atom is 0.213 e. The summed E-state index contributed by atoms with van der Waals surface area (Å²) in [7, 11) is 1.69. The molecule has 3 aliphatic rings. The van der Waals surface area contributed by atoms with E-state index in [9.17, 15) is 5.11 Å². The van der Waals surface area contributed by atoms with E-state index in [0.29, 0.717) is 11.8 Å². The van der Waals surface area contributed by atoms with E-state index in [1.54, 1.807) is 7.11 Å². The summed E-state index contributed by atoms with van der Waals surface area (Å²) in [6.07, 6.45) is 5.94. The first-order chi connectivity index (χ1) is 15.2. The maximum absolute atomic E-state index is 11.6. The van der Waals surface area contributed by atoms with Crippen LogP contribution in [0, 0.1) is 11.8 Å². The summed E-state index contributed by atoms with van der Waals surface area (Å²) in [5.41, 5.74) is 3.36. The van der Waals surface area contributed by atoms with Gasteiger partial charge >= 0.3 is 0 Å². The van der Waals surface area contributed by atoms with Gasteiger partial charge in [0.1, 0.15) is 5.75 Å². The highest BCUT2D eigenvalue weighted by Crippen LogP contribution is 2.42. The van der Waals surface area contributed by atoms with Crippen molar-refractivity contribution < 1.29 is 14.4 Å². The highest BCUT2D eigenvalue weighted by molar-refractivity contribution is 5.81. The Morgan fingerprint density at radius 1 is 1.23 bits per heavy atom. The standard InChI is InChI=1S/C27H31N2O2/c1-3-20-18-29-13-11-21(20)15-26(29)27(30)23-12-14-28(17-19-7-5-4-6-8-19)25-10-9-22(31-2)16-24(23)25/h3-10,12,14,16,20-21,26-27,30H,1,11,13,15,17-18H2,2H3/q+1/t20-,21-,26+,27+/m0/s1. The van der Waals surface area contributed by atoms with Crippen molar-refractivity contribution in [2.75, 3.05) is 20.2 Å². The van der Waals surface area contributed by atoms with Gasteiger partial charge < -0.3 is 9.84 Å². The van der Waals surface area contributed by atoms with Gasteiger partial charge in [0.2, 0.25) is 5.52 Å². The fourth-order valence-corrected chi connectivity index (χ4v) is 5.55. The lowest BCUT2D eigenvalue weighted by Gasteiger charge is -2.50. The van der Waals surface area contributed by atoms with Crippen molar-refractivity contribution >= 4 is 10.9 Å². The molecule has 4 heteroatoms. The average molecular weight is 416 g/mol. The molecule has 160 valence electrons. The van der Waals surface area contributed by atoms with E-state index in [2.05, 4.69) is 70.8 Å². The van der Waals surface area contributed by atoms with Gasteiger partial charge in [0.15, 0.2) is 12.7 Å². The second-order valence-corrected chi connectivity index (χ2v) is 8.96. The number of hydrogen-bond donors (Lipinski definition) is 1. The van der Waals surface area contributed by atoms with Crippen molar-refractivity contribution in [3.05, 3.63) is 84.6 Å². The molecule has 1 unspecified atom stereocenters. The number of aromatic nitrogens is 1. The van der Waals surface area contributed by atoms with Crippen molar-refractivity contribution in [3.8, 4) is 5.75 Å². The molecule has 2 aromatic carbocycles. The Morgan fingerprint density at radius 2 is 2.06 bits per heavy atom. The Morgan fingerprint density at radius 3 is 2.77 bits per heavy atom. The number of aliphatic hydroxyl groups is 1. The van der Waals surface area contributed by atoms with Crippen LogP contribution in [-0.4, -0.2) is 36.2 Å². The highest BCUT2D eigenvalue weighted by Gasteiger charge is 2.42. The summed E-state index contributed by atoms with van der Waals surface area (Å²) in [5, 5.41) is 12.6. The van der Waals surface area contributed by atoms with Crippen LogP contribution < -0.4 is 9.30 Å². The molecule has 3 aromatic rings. The van der Waals surface area contributed by atoms with E-state index in [-0.39, 0.29) is 6.04 Å². The minimum atomic E-state index is -0.519. The van der Waals surface area contributed by atoms with E-state index < -0.39 is 6.10 Å². The van der Waals surface area contributed by atoms with Crippen LogP contribution in [0.15, 0.2) is 73.4 Å². The molecule has 1 N–H and O–H groups in total. The molecular weight excluding hydrogens is 384 g/mol. The van der Waals surface area contributed by atoms with Gasteiger partial charge in [-0.25, -0.2) is 0 Å². The number of pyridine rings is 1. The van der Waals surface area contributed by atoms with Crippen LogP contribution in [0.25, 0.3) is 10.9 Å². The Labute approximate surface area is 184 Å². The number of ether oxygens (including phenoxy) is 1. The molecule has 0 spiro atoms. The lowest BCUT2D eigenvalue weighted by Crippen LogP contribution is -2.54. The van der Waals surface area contributed by atoms with E-state index >= 15 is 0 Å². The predicted octanol–water partition coefficient (Wildman–Crippen LogP) is 4.11. The molecule has 3 fully saturated rings. The van der Waals surface area contributed by atoms with Crippen molar-refractivity contribution in [3.63, 3.8) is 0 Å². The lowest BCUT2D eigenvalue weighted by atomic mass is 9.73. The first-order valence-corrected chi connectivity index (χ1v) is 11.3. The maximum atomic E-state index is 11.6. The van der Waals surface area contributed by atoms with Crippen LogP contribution in [0.1, 0.15) is 30.1 Å². The third kappa shape index (κ3) is 3.75. The molecule has 3 aliphatic heterocycles. The number of hydrogen-bond acceptors (Lipinski definition) is 3. The van der Waals surface area contributed by atoms with Crippen LogP contribution >= 0.6 is 0 Å². The number of fused-ring (bicyclic) bond motifs is 4. The molecule has 0 aliphatic carbocycles. The normalized spacial score (nSPS) is 26.0. The third-order valence-electron chi connectivity index (χ3n) is 7.29. The topological polar surface area (TPSA) is 36.6 Å². The highest BCUT2D eigenvalue weighted by atomic mass is 16.5. The molecule has 31 heavy (non-hydrogen) atoms. The number of rotatable bonds is 6. The number of aliphatic hydroxyl groups excluding tert-OH is 1. The Bertz CT molecular complexity index is 1080. The first-order valence-electron chi connectivity index (χ1n) is 11.3. The minimum Gasteiger partial charge on any atom is -0.497 e. The first kappa shape index (κ1) is 20.2. The van der Waals surface area contributed by atoms with Crippen LogP contribution in [0.5, 0.6) is 5.75 Å². The summed E-state index contributed by atoms with van der Waals surface area (Å²) in [5.74, 6) is 2.00. The van der Waals surface area contributed by atoms with Crippen LogP contribution in [0.3, 0.4) is 0 Å². The summed E-state index contributed by atoms with van der Waals surface area (Å²) in [4.78, 5) is 2.47. The quantitative estimate of drug-likeness (QED) is 0.486. The summed E-state index contributed by atoms with van der Waals surface area (Å²) in [6.45, 7) is 6.90. The van der Waals surface area contributed by atoms with Crippen LogP contribution in [0.4, 0.5) is 0 Å². The predicted molar refractivity (Wildman–Crippen MR) is 123 cm³/mol. The molecule has 1 aromatic heterocycles. The second kappa shape index (κ2) is 8.45. The van der Waals surface area contributed by atoms with Gasteiger partial charge in [-0.3, -0.25) is 4.90 Å². The van der Waals surface area contributed by atoms with Crippen LogP contribution in [-0.2, 0) is 6.54 Å². The number of benzene rings is 2. The van der Waals surface area contributed by atoms with E-state index in [1.165, 1.54) is 12.0 Å². The fourth-order valence-electron chi connectivity index (χ4n) is 5.55. The summed E-state index contributed by atoms with van der Waals surface area (Å²) >= 11 is 0. The largest absolute Gasteiger partial charge is 0.497 e. The smallest absolute Gasteiger partial charge is 0.213 e. The van der Waals surface area contributed by atoms with E-state index in [1.807, 2.05) is 12.1 Å². The molecule has 5 atom stereocenters. The van der Waals surface area contributed by atoms with Crippen molar-refractivity contribution in [1.29, 1.82) is 0 Å². The molecule has 0 radical (unpaired) electrons. The molecule has 2 bridgehead atoms. The molecular formula is C27H31N2O2+. The van der Waals surface area contributed by atoms with Crippen molar-refractivity contribution in [1.82, 2.24) is 4.90 Å².